The first-order valence-corrected chi connectivity index (χ1v) is 12.3. The lowest BCUT2D eigenvalue weighted by atomic mass is 9.83. The highest BCUT2D eigenvalue weighted by atomic mass is 19.3. The van der Waals surface area contributed by atoms with E-state index in [0.29, 0.717) is 60.4 Å². The Morgan fingerprint density at radius 1 is 1.19 bits per heavy atom. The summed E-state index contributed by atoms with van der Waals surface area (Å²) in [5.41, 5.74) is 2.19. The molecular weight excluding hydrogens is 495 g/mol. The number of aromatic nitrogens is 1. The maximum absolute atomic E-state index is 15.7. The minimum Gasteiger partial charge on any atom is -0.443 e. The number of halogens is 5. The van der Waals surface area contributed by atoms with E-state index in [9.17, 15) is 18.3 Å². The monoisotopic (exact) mass is 524 g/mol. The Labute approximate surface area is 211 Å². The maximum Gasteiger partial charge on any atom is 0.283 e. The van der Waals surface area contributed by atoms with Crippen LogP contribution in [0.25, 0.3) is 11.1 Å². The Bertz CT molecular complexity index is 1240. The quantitative estimate of drug-likeness (QED) is 0.323. The van der Waals surface area contributed by atoms with Gasteiger partial charge in [0.15, 0.2) is 12.0 Å². The molecule has 0 amide bonds. The molecule has 11 heteroatoms. The largest absolute Gasteiger partial charge is 0.443 e. The summed E-state index contributed by atoms with van der Waals surface area (Å²) in [5, 5.41) is 12.4. The zero-order valence-corrected chi connectivity index (χ0v) is 20.4. The van der Waals surface area contributed by atoms with E-state index < -0.39 is 49.5 Å². The van der Waals surface area contributed by atoms with E-state index in [-0.39, 0.29) is 11.6 Å². The molecule has 0 bridgehead atoms. The first kappa shape index (κ1) is 25.9. The van der Waals surface area contributed by atoms with E-state index >= 15 is 8.78 Å². The van der Waals surface area contributed by atoms with Gasteiger partial charge in [-0.1, -0.05) is 6.07 Å². The minimum atomic E-state index is -3.46. The van der Waals surface area contributed by atoms with Crippen molar-refractivity contribution < 1.29 is 31.5 Å². The SMILES string of the molecule is C[C@@H]1Cc2c(ccc3ncoc23)[C@@H](c2c(F)cc(N3CC(NCCCF)C3)cc2F)N1CC(F)(F)CO. The number of fused-ring (bicyclic) bond motifs is 3. The van der Waals surface area contributed by atoms with Gasteiger partial charge in [-0.3, -0.25) is 9.29 Å². The van der Waals surface area contributed by atoms with Crippen LogP contribution in [0.5, 0.6) is 0 Å². The molecule has 6 nitrogen and oxygen atoms in total. The highest BCUT2D eigenvalue weighted by molar-refractivity contribution is 5.78. The molecule has 0 unspecified atom stereocenters. The van der Waals surface area contributed by atoms with Crippen LogP contribution in [0.1, 0.15) is 36.1 Å². The summed E-state index contributed by atoms with van der Waals surface area (Å²) < 4.78 is 78.1. The van der Waals surface area contributed by atoms with E-state index in [1.54, 1.807) is 24.0 Å². The maximum atomic E-state index is 15.7. The van der Waals surface area contributed by atoms with Crippen LogP contribution >= 0.6 is 0 Å². The number of anilines is 1. The van der Waals surface area contributed by atoms with Gasteiger partial charge in [0.2, 0.25) is 0 Å². The van der Waals surface area contributed by atoms with Crippen molar-refractivity contribution in [1.82, 2.24) is 15.2 Å². The zero-order chi connectivity index (χ0) is 26.3. The van der Waals surface area contributed by atoms with E-state index in [1.807, 2.05) is 0 Å². The number of alkyl halides is 3. The van der Waals surface area contributed by atoms with Gasteiger partial charge in [-0.15, -0.1) is 0 Å². The fourth-order valence-electron chi connectivity index (χ4n) is 5.40. The van der Waals surface area contributed by atoms with Gasteiger partial charge in [0, 0.05) is 42.0 Å². The van der Waals surface area contributed by atoms with Gasteiger partial charge >= 0.3 is 0 Å². The Kier molecular flexibility index (Phi) is 7.12. The van der Waals surface area contributed by atoms with Crippen LogP contribution < -0.4 is 10.2 Å². The van der Waals surface area contributed by atoms with Crippen molar-refractivity contribution in [3.63, 3.8) is 0 Å². The molecule has 0 aliphatic carbocycles. The fraction of sp³-hybridized carbons (Fsp3) is 0.500. The Morgan fingerprint density at radius 3 is 2.59 bits per heavy atom. The van der Waals surface area contributed by atoms with Crippen LogP contribution in [0.4, 0.5) is 27.6 Å². The number of nitrogens with zero attached hydrogens (tertiary/aromatic N) is 3. The van der Waals surface area contributed by atoms with E-state index in [4.69, 9.17) is 4.42 Å². The lowest BCUT2D eigenvalue weighted by Gasteiger charge is -2.44. The molecule has 2 N–H and O–H groups in total. The van der Waals surface area contributed by atoms with Crippen LogP contribution in [0.15, 0.2) is 35.1 Å². The molecule has 1 fully saturated rings. The summed E-state index contributed by atoms with van der Waals surface area (Å²) >= 11 is 0. The standard InChI is InChI=1S/C26H29F5N4O2/c1-15-7-19-18(3-4-22-25(19)37-14-33-22)24(35(15)12-26(30,31)13-36)23-20(28)8-17(9-21(23)29)34-10-16(11-34)32-6-2-5-27/h3-4,8-9,14-16,24,32,36H,2,5-7,10-13H2,1H3/t15-,24+/m1/s1. The van der Waals surface area contributed by atoms with Gasteiger partial charge in [-0.05, 0) is 50.1 Å². The van der Waals surface area contributed by atoms with Crippen LogP contribution in [-0.2, 0) is 6.42 Å². The topological polar surface area (TPSA) is 64.8 Å². The van der Waals surface area contributed by atoms with Gasteiger partial charge in [-0.2, -0.15) is 0 Å². The Morgan fingerprint density at radius 2 is 1.92 bits per heavy atom. The second-order valence-corrected chi connectivity index (χ2v) is 9.90. The second-order valence-electron chi connectivity index (χ2n) is 9.90. The van der Waals surface area contributed by atoms with Crippen LogP contribution in [0, 0.1) is 11.6 Å². The predicted octanol–water partition coefficient (Wildman–Crippen LogP) is 4.21. The molecule has 2 aliphatic rings. The summed E-state index contributed by atoms with van der Waals surface area (Å²) in [6.07, 6.45) is 1.99. The third kappa shape index (κ3) is 4.92. The molecular formula is C26H29F5N4O2. The van der Waals surface area contributed by atoms with Crippen molar-refractivity contribution >= 4 is 16.8 Å². The number of hydrogen-bond acceptors (Lipinski definition) is 6. The number of benzene rings is 2. The first-order valence-electron chi connectivity index (χ1n) is 12.3. The molecule has 1 saturated heterocycles. The van der Waals surface area contributed by atoms with Gasteiger partial charge in [0.25, 0.3) is 5.92 Å². The van der Waals surface area contributed by atoms with Crippen molar-refractivity contribution in [2.75, 3.05) is 44.4 Å². The van der Waals surface area contributed by atoms with Crippen molar-refractivity contribution in [3.8, 4) is 0 Å². The van der Waals surface area contributed by atoms with Crippen molar-refractivity contribution in [1.29, 1.82) is 0 Å². The van der Waals surface area contributed by atoms with Gasteiger partial charge in [0.1, 0.15) is 23.8 Å². The summed E-state index contributed by atoms with van der Waals surface area (Å²) in [6, 6.07) is 4.15. The lowest BCUT2D eigenvalue weighted by Crippen LogP contribution is -2.58. The number of aliphatic hydroxyl groups is 1. The molecule has 3 heterocycles. The van der Waals surface area contributed by atoms with Crippen molar-refractivity contribution in [2.24, 2.45) is 0 Å². The van der Waals surface area contributed by atoms with Crippen molar-refractivity contribution in [2.45, 2.75) is 43.8 Å². The average molecular weight is 525 g/mol. The molecule has 5 rings (SSSR count). The van der Waals surface area contributed by atoms with Gasteiger partial charge in [0.05, 0.1) is 19.3 Å². The predicted molar refractivity (Wildman–Crippen MR) is 129 cm³/mol. The summed E-state index contributed by atoms with van der Waals surface area (Å²) in [7, 11) is 0. The van der Waals surface area contributed by atoms with Crippen LogP contribution in [-0.4, -0.2) is 72.5 Å². The number of oxazole rings is 1. The number of rotatable bonds is 9. The molecule has 1 aromatic heterocycles. The normalized spacial score (nSPS) is 20.9. The summed E-state index contributed by atoms with van der Waals surface area (Å²) in [6.45, 7) is 0.617. The number of aliphatic hydroxyl groups excluding tert-OH is 1. The molecule has 0 radical (unpaired) electrons. The molecule has 0 spiro atoms. The van der Waals surface area contributed by atoms with Crippen molar-refractivity contribution in [3.05, 3.63) is 59.0 Å². The van der Waals surface area contributed by atoms with E-state index in [0.717, 1.165) is 0 Å². The van der Waals surface area contributed by atoms with Gasteiger partial charge in [-0.25, -0.2) is 22.5 Å². The second kappa shape index (κ2) is 10.2. The smallest absolute Gasteiger partial charge is 0.283 e. The highest BCUT2D eigenvalue weighted by Crippen LogP contribution is 2.44. The first-order chi connectivity index (χ1) is 17.7. The molecule has 2 aliphatic heterocycles. The minimum absolute atomic E-state index is 0.101. The zero-order valence-electron chi connectivity index (χ0n) is 20.4. The van der Waals surface area contributed by atoms with Crippen LogP contribution in [0.2, 0.25) is 0 Å². The van der Waals surface area contributed by atoms with E-state index in [1.165, 1.54) is 23.4 Å². The molecule has 200 valence electrons. The third-order valence-electron chi connectivity index (χ3n) is 7.30. The third-order valence-corrected chi connectivity index (χ3v) is 7.30. The van der Waals surface area contributed by atoms with Crippen LogP contribution in [0.3, 0.4) is 0 Å². The van der Waals surface area contributed by atoms with Gasteiger partial charge < -0.3 is 19.7 Å². The number of hydrogen-bond donors (Lipinski definition) is 2. The molecule has 2 atom stereocenters. The molecule has 2 aromatic carbocycles. The lowest BCUT2D eigenvalue weighted by molar-refractivity contribution is -0.0866. The molecule has 37 heavy (non-hydrogen) atoms. The summed E-state index contributed by atoms with van der Waals surface area (Å²) in [5.74, 6) is -5.15. The average Bonchev–Trinajstić information content (AvgIpc) is 3.31. The Balaban J connectivity index is 1.51. The Hall–Kier alpha value is -2.76. The molecule has 3 aromatic rings. The number of nitrogens with one attached hydrogen (secondary N) is 1. The summed E-state index contributed by atoms with van der Waals surface area (Å²) in [4.78, 5) is 7.29. The fourth-order valence-corrected chi connectivity index (χ4v) is 5.40. The highest BCUT2D eigenvalue weighted by Gasteiger charge is 2.43. The van der Waals surface area contributed by atoms with E-state index in [2.05, 4.69) is 10.3 Å². The molecule has 0 saturated carbocycles.